The van der Waals surface area contributed by atoms with E-state index in [2.05, 4.69) is 18.9 Å². The molecule has 1 aromatic rings. The lowest BCUT2D eigenvalue weighted by Gasteiger charge is -2.13. The number of fused-ring (bicyclic) bond motifs is 1. The summed E-state index contributed by atoms with van der Waals surface area (Å²) in [5.41, 5.74) is -0.325. The molecule has 1 aromatic heterocycles. The third-order valence-corrected chi connectivity index (χ3v) is 2.16. The van der Waals surface area contributed by atoms with E-state index in [1.807, 2.05) is 0 Å². The molecule has 19 heavy (non-hydrogen) atoms. The van der Waals surface area contributed by atoms with Gasteiger partial charge in [-0.1, -0.05) is 0 Å². The number of cyclic esters (lactones) is 1. The van der Waals surface area contributed by atoms with E-state index in [0.29, 0.717) is 0 Å². The van der Waals surface area contributed by atoms with Crippen LogP contribution in [0, 0.1) is 0 Å². The van der Waals surface area contributed by atoms with Gasteiger partial charge in [0, 0.05) is 0 Å². The minimum atomic E-state index is -1.75. The Bertz CT molecular complexity index is 555. The number of carbonyl (C=O) groups excluding carboxylic acids is 3. The first-order chi connectivity index (χ1) is 8.99. The molecule has 0 fully saturated rings. The highest BCUT2D eigenvalue weighted by molar-refractivity contribution is 6.02. The highest BCUT2D eigenvalue weighted by Crippen LogP contribution is 2.17. The highest BCUT2D eigenvalue weighted by atomic mass is 17.2. The van der Waals surface area contributed by atoms with E-state index < -0.39 is 42.2 Å². The third-order valence-electron chi connectivity index (χ3n) is 2.16. The molecule has 0 bridgehead atoms. The van der Waals surface area contributed by atoms with Gasteiger partial charge in [-0.2, -0.15) is 0 Å². The van der Waals surface area contributed by atoms with Crippen molar-refractivity contribution in [3.05, 3.63) is 23.7 Å². The standard InChI is InChI=1S/C10H6O9/c11-6-3-5(8(12)13)17-9(14)4-1-2-16-7(4)10(15)19-18-6/h1-2,5H,3H2,(H,12,13). The zero-order valence-electron chi connectivity index (χ0n) is 9.15. The Morgan fingerprint density at radius 1 is 1.21 bits per heavy atom. The topological polar surface area (TPSA) is 129 Å². The molecule has 9 nitrogen and oxygen atoms in total. The van der Waals surface area contributed by atoms with Crippen LogP contribution >= 0.6 is 0 Å². The number of rotatable bonds is 1. The van der Waals surface area contributed by atoms with E-state index >= 15 is 0 Å². The van der Waals surface area contributed by atoms with E-state index in [0.717, 1.165) is 12.3 Å². The van der Waals surface area contributed by atoms with Gasteiger partial charge in [0.1, 0.15) is 5.56 Å². The molecule has 0 spiro atoms. The van der Waals surface area contributed by atoms with Gasteiger partial charge in [0.05, 0.1) is 12.7 Å². The minimum absolute atomic E-state index is 0.325. The van der Waals surface area contributed by atoms with Crippen LogP contribution in [0.3, 0.4) is 0 Å². The van der Waals surface area contributed by atoms with Crippen molar-refractivity contribution in [2.24, 2.45) is 0 Å². The van der Waals surface area contributed by atoms with E-state index in [1.54, 1.807) is 0 Å². The predicted octanol–water partition coefficient (Wildman–Crippen LogP) is -0.0917. The number of aliphatic carboxylic acids is 1. The first kappa shape index (κ1) is 12.6. The molecular weight excluding hydrogens is 264 g/mol. The first-order valence-electron chi connectivity index (χ1n) is 4.92. The van der Waals surface area contributed by atoms with Crippen molar-refractivity contribution in [1.82, 2.24) is 0 Å². The number of carboxylic acid groups (broad SMARTS) is 1. The molecule has 100 valence electrons. The van der Waals surface area contributed by atoms with Gasteiger partial charge in [-0.25, -0.2) is 29.0 Å². The molecule has 9 heteroatoms. The number of hydrogen-bond donors (Lipinski definition) is 1. The Morgan fingerprint density at radius 2 is 1.95 bits per heavy atom. The molecule has 0 radical (unpaired) electrons. The Morgan fingerprint density at radius 3 is 2.63 bits per heavy atom. The predicted molar refractivity (Wildman–Crippen MR) is 51.7 cm³/mol. The van der Waals surface area contributed by atoms with Crippen LogP contribution in [0.25, 0.3) is 0 Å². The fourth-order valence-corrected chi connectivity index (χ4v) is 1.31. The van der Waals surface area contributed by atoms with Crippen molar-refractivity contribution in [1.29, 1.82) is 0 Å². The summed E-state index contributed by atoms with van der Waals surface area (Å²) in [4.78, 5) is 53.1. The van der Waals surface area contributed by atoms with Gasteiger partial charge in [0.25, 0.3) is 0 Å². The second-order valence-corrected chi connectivity index (χ2v) is 3.43. The minimum Gasteiger partial charge on any atom is -0.478 e. The number of carbonyl (C=O) groups is 4. The lowest BCUT2D eigenvalue weighted by molar-refractivity contribution is -0.236. The van der Waals surface area contributed by atoms with Gasteiger partial charge in [-0.3, -0.25) is 0 Å². The van der Waals surface area contributed by atoms with Crippen molar-refractivity contribution in [3.8, 4) is 0 Å². The molecule has 2 heterocycles. The summed E-state index contributed by atoms with van der Waals surface area (Å²) in [5.74, 6) is -5.60. The molecule has 1 aliphatic heterocycles. The fraction of sp³-hybridized carbons (Fsp3) is 0.200. The second kappa shape index (κ2) is 4.80. The summed E-state index contributed by atoms with van der Waals surface area (Å²) in [7, 11) is 0. The monoisotopic (exact) mass is 270 g/mol. The molecule has 1 aliphatic rings. The average molecular weight is 270 g/mol. The number of esters is 1. The molecule has 0 saturated heterocycles. The van der Waals surface area contributed by atoms with E-state index in [9.17, 15) is 19.2 Å². The van der Waals surface area contributed by atoms with Crippen molar-refractivity contribution in [2.45, 2.75) is 12.5 Å². The van der Waals surface area contributed by atoms with E-state index in [1.165, 1.54) is 0 Å². The van der Waals surface area contributed by atoms with E-state index in [-0.39, 0.29) is 5.56 Å². The normalized spacial score (nSPS) is 19.8. The maximum Gasteiger partial charge on any atom is 0.422 e. The number of hydrogen-bond acceptors (Lipinski definition) is 8. The SMILES string of the molecule is O=C1CC(C(=O)O)OC(=O)c2ccoc2C(=O)OO1. The van der Waals surface area contributed by atoms with Crippen LogP contribution in [0.4, 0.5) is 0 Å². The summed E-state index contributed by atoms with van der Waals surface area (Å²) in [6, 6.07) is 1.10. The molecule has 0 aromatic carbocycles. The summed E-state index contributed by atoms with van der Waals surface area (Å²) in [6.45, 7) is 0. The maximum atomic E-state index is 11.6. The van der Waals surface area contributed by atoms with Crippen molar-refractivity contribution in [3.63, 3.8) is 0 Å². The van der Waals surface area contributed by atoms with Gasteiger partial charge in [0.15, 0.2) is 0 Å². The molecule has 1 unspecified atom stereocenters. The van der Waals surface area contributed by atoms with Gasteiger partial charge in [-0.05, 0) is 6.07 Å². The zero-order valence-corrected chi connectivity index (χ0v) is 9.15. The Hall–Kier alpha value is -2.84. The first-order valence-corrected chi connectivity index (χ1v) is 4.92. The molecule has 0 saturated carbocycles. The second-order valence-electron chi connectivity index (χ2n) is 3.43. The highest BCUT2D eigenvalue weighted by Gasteiger charge is 2.33. The Kier molecular flexibility index (Phi) is 3.19. The van der Waals surface area contributed by atoms with Crippen LogP contribution in [-0.4, -0.2) is 35.1 Å². The Labute approximate surface area is 104 Å². The average Bonchev–Trinajstić information content (AvgIpc) is 2.83. The summed E-state index contributed by atoms with van der Waals surface area (Å²) < 4.78 is 9.27. The lowest BCUT2D eigenvalue weighted by Crippen LogP contribution is -2.32. The van der Waals surface area contributed by atoms with Crippen LogP contribution < -0.4 is 0 Å². The smallest absolute Gasteiger partial charge is 0.422 e. The van der Waals surface area contributed by atoms with Gasteiger partial charge < -0.3 is 14.3 Å². The van der Waals surface area contributed by atoms with E-state index in [4.69, 9.17) is 5.11 Å². The quantitative estimate of drug-likeness (QED) is 0.549. The Balaban J connectivity index is 2.36. The summed E-state index contributed by atoms with van der Waals surface area (Å²) in [5, 5.41) is 8.79. The summed E-state index contributed by atoms with van der Waals surface area (Å²) in [6.07, 6.45) is -1.54. The van der Waals surface area contributed by atoms with Crippen LogP contribution in [0.1, 0.15) is 27.3 Å². The van der Waals surface area contributed by atoms with Gasteiger partial charge in [0.2, 0.25) is 11.9 Å². The van der Waals surface area contributed by atoms with Crippen LogP contribution in [0.2, 0.25) is 0 Å². The molecule has 2 rings (SSSR count). The largest absolute Gasteiger partial charge is 0.478 e. The van der Waals surface area contributed by atoms with Crippen molar-refractivity contribution < 1.29 is 43.2 Å². The summed E-state index contributed by atoms with van der Waals surface area (Å²) >= 11 is 0. The molecule has 1 atom stereocenters. The molecular formula is C10H6O9. The van der Waals surface area contributed by atoms with Gasteiger partial charge in [-0.15, -0.1) is 0 Å². The number of furan rings is 1. The molecule has 0 amide bonds. The van der Waals surface area contributed by atoms with Crippen molar-refractivity contribution >= 4 is 23.9 Å². The van der Waals surface area contributed by atoms with Crippen LogP contribution in [0.15, 0.2) is 16.7 Å². The number of ether oxygens (including phenoxy) is 1. The number of carboxylic acids is 1. The van der Waals surface area contributed by atoms with Gasteiger partial charge >= 0.3 is 23.9 Å². The van der Waals surface area contributed by atoms with Crippen LogP contribution in [-0.2, 0) is 24.1 Å². The lowest BCUT2D eigenvalue weighted by atomic mass is 10.2. The van der Waals surface area contributed by atoms with Crippen molar-refractivity contribution in [2.75, 3.05) is 0 Å². The fourth-order valence-electron chi connectivity index (χ4n) is 1.31. The molecule has 0 aliphatic carbocycles. The maximum absolute atomic E-state index is 11.6. The van der Waals surface area contributed by atoms with Crippen LogP contribution in [0.5, 0.6) is 0 Å². The molecule has 1 N–H and O–H groups in total. The zero-order chi connectivity index (χ0) is 14.0. The third kappa shape index (κ3) is 2.54.